The Morgan fingerprint density at radius 3 is 1.71 bits per heavy atom. The largest absolute Gasteiger partial charge is 0.510 e. The number of fused-ring (bicyclic) bond motifs is 12. The Morgan fingerprint density at radius 1 is 0.557 bits per heavy atom. The third kappa shape index (κ3) is 7.10. The van der Waals surface area contributed by atoms with Crippen LogP contribution < -0.4 is 9.30 Å². The van der Waals surface area contributed by atoms with Gasteiger partial charge < -0.3 is 18.4 Å². The van der Waals surface area contributed by atoms with Crippen LogP contribution in [0, 0.1) is 18.5 Å². The first-order valence-corrected chi connectivity index (χ1v) is 24.8. The molecule has 0 amide bonds. The molecule has 0 saturated carbocycles. The van der Waals surface area contributed by atoms with E-state index >= 15 is 0 Å². The smallest absolute Gasteiger partial charge is 0.242 e. The number of benzene rings is 6. The summed E-state index contributed by atoms with van der Waals surface area (Å²) in [6, 6.07) is 46.2. The van der Waals surface area contributed by atoms with Crippen LogP contribution in [-0.4, -0.2) is 14.1 Å². The minimum absolute atomic E-state index is 0. The van der Waals surface area contributed by atoms with E-state index in [9.17, 15) is 0 Å². The molecule has 0 radical (unpaired) electrons. The van der Waals surface area contributed by atoms with Crippen molar-refractivity contribution in [1.29, 1.82) is 0 Å². The van der Waals surface area contributed by atoms with Crippen molar-refractivity contribution in [3.8, 4) is 34.1 Å². The maximum atomic E-state index is 6.98. The molecule has 2 aliphatic rings. The third-order valence-electron chi connectivity index (χ3n) is 15.1. The molecule has 1 aliphatic carbocycles. The molecule has 1 aliphatic heterocycles. The van der Waals surface area contributed by atoms with Crippen LogP contribution in [0.25, 0.3) is 55.5 Å². The molecule has 11 rings (SSSR count). The zero-order chi connectivity index (χ0) is 49.1. The van der Waals surface area contributed by atoms with Gasteiger partial charge in [0.25, 0.3) is 0 Å². The molecule has 0 saturated heterocycles. The number of aryl methyl sites for hydroxylation is 1. The number of ether oxygens (including phenoxy) is 1. The zero-order valence-corrected chi connectivity index (χ0v) is 46.2. The second kappa shape index (κ2) is 15.6. The number of hydrogen-bond acceptors (Lipinski definition) is 2. The van der Waals surface area contributed by atoms with Gasteiger partial charge in [-0.1, -0.05) is 176 Å². The maximum absolute atomic E-state index is 6.98. The Morgan fingerprint density at radius 2 is 1.14 bits per heavy atom. The van der Waals surface area contributed by atoms with Crippen molar-refractivity contribution < 1.29 is 30.4 Å². The normalized spacial score (nSPS) is 14.3. The van der Waals surface area contributed by atoms with Crippen molar-refractivity contribution in [2.24, 2.45) is 7.05 Å². The Bertz CT molecular complexity index is 3530. The summed E-state index contributed by atoms with van der Waals surface area (Å²) in [4.78, 5) is 4.84. The van der Waals surface area contributed by atoms with E-state index in [1.54, 1.807) is 0 Å². The summed E-state index contributed by atoms with van der Waals surface area (Å²) in [7, 11) is 2.11. The number of nitrogens with zero attached hydrogens (tertiary/aromatic N) is 4. The fourth-order valence-electron chi connectivity index (χ4n) is 11.4. The van der Waals surface area contributed by atoms with E-state index in [2.05, 4.69) is 228 Å². The quantitative estimate of drug-likeness (QED) is 0.131. The molecule has 0 bridgehead atoms. The van der Waals surface area contributed by atoms with Crippen LogP contribution in [0.4, 0.5) is 0 Å². The first-order chi connectivity index (χ1) is 32.3. The van der Waals surface area contributed by atoms with Gasteiger partial charge >= 0.3 is 0 Å². The van der Waals surface area contributed by atoms with Gasteiger partial charge in [0.05, 0.1) is 18.1 Å². The Kier molecular flexibility index (Phi) is 10.7. The average molecular weight is 1100 g/mol. The minimum Gasteiger partial charge on any atom is -0.510 e. The predicted molar refractivity (Wildman–Crippen MR) is 284 cm³/mol. The van der Waals surface area contributed by atoms with Gasteiger partial charge in [-0.05, 0) is 106 Å². The molecule has 3 aromatic heterocycles. The van der Waals surface area contributed by atoms with Gasteiger partial charge in [-0.15, -0.1) is 35.2 Å². The van der Waals surface area contributed by atoms with Crippen molar-refractivity contribution in [3.63, 3.8) is 0 Å². The molecule has 6 heteroatoms. The van der Waals surface area contributed by atoms with Gasteiger partial charge in [-0.3, -0.25) is 0 Å². The molecule has 6 aromatic carbocycles. The van der Waals surface area contributed by atoms with Crippen LogP contribution in [0.15, 0.2) is 109 Å². The Labute approximate surface area is 430 Å². The van der Waals surface area contributed by atoms with Gasteiger partial charge in [0.15, 0.2) is 0 Å². The predicted octanol–water partition coefficient (Wildman–Crippen LogP) is 15.3. The van der Waals surface area contributed by atoms with Gasteiger partial charge in [0, 0.05) is 49.7 Å². The Hall–Kier alpha value is -5.77. The van der Waals surface area contributed by atoms with Gasteiger partial charge in [-0.2, -0.15) is 12.1 Å². The molecule has 4 heterocycles. The molecule has 5 nitrogen and oxygen atoms in total. The molecular weight excluding hydrogens is 1040 g/mol. The van der Waals surface area contributed by atoms with E-state index in [-0.39, 0.29) is 48.1 Å². The van der Waals surface area contributed by atoms with E-state index in [1.807, 2.05) is 24.4 Å². The van der Waals surface area contributed by atoms with E-state index < -0.39 is 5.41 Å². The first-order valence-electron chi connectivity index (χ1n) is 24.8. The third-order valence-corrected chi connectivity index (χ3v) is 15.1. The number of hydrogen-bond donors (Lipinski definition) is 0. The monoisotopic (exact) mass is 1100 g/mol. The molecule has 0 fully saturated rings. The van der Waals surface area contributed by atoms with Crippen LogP contribution in [0.1, 0.15) is 154 Å². The van der Waals surface area contributed by atoms with Crippen LogP contribution in [0.5, 0.6) is 11.5 Å². The summed E-state index contributed by atoms with van der Waals surface area (Å²) < 4.78 is 13.6. The minimum atomic E-state index is -0.692. The zero-order valence-electron chi connectivity index (χ0n) is 43.9. The summed E-state index contributed by atoms with van der Waals surface area (Å²) in [5.41, 5.74) is 18.5. The standard InChI is InChI=1S/C64H66N4O.Pt/c1-59(2,3)38-23-26-43-44-27-24-41(35-53(44)68(52(43)34-38)55-22-17-18-29-65-55)69-42-25-28-47-54(36-42)67-37-66(16)51-21-19-20-48(58(51)67)64(47)56-45(30-39(60(4,5)6)32-49(56)62(10,11)12)46-31-40(61(7,8)9)33-50(57(46)64)63(13,14)15;/h17-34H,1-16H3;/q-2;. The van der Waals surface area contributed by atoms with Crippen molar-refractivity contribution in [2.45, 2.75) is 136 Å². The van der Waals surface area contributed by atoms with Crippen LogP contribution in [0.3, 0.4) is 0 Å². The number of imidazole rings is 1. The van der Waals surface area contributed by atoms with Gasteiger partial charge in [0.1, 0.15) is 5.82 Å². The fourth-order valence-corrected chi connectivity index (χ4v) is 11.4. The van der Waals surface area contributed by atoms with Crippen LogP contribution in [-0.2, 0) is 60.6 Å². The van der Waals surface area contributed by atoms with Crippen molar-refractivity contribution in [3.05, 3.63) is 178 Å². The number of aromatic nitrogens is 4. The first kappa shape index (κ1) is 47.9. The molecule has 70 heavy (non-hydrogen) atoms. The summed E-state index contributed by atoms with van der Waals surface area (Å²) in [6.07, 6.45) is 5.61. The number of pyridine rings is 1. The van der Waals surface area contributed by atoms with Crippen molar-refractivity contribution in [1.82, 2.24) is 14.1 Å². The molecule has 0 atom stereocenters. The molecular formula is C64H66N4OPt-2. The summed E-state index contributed by atoms with van der Waals surface area (Å²) in [5.74, 6) is 2.06. The van der Waals surface area contributed by atoms with Crippen molar-refractivity contribution >= 4 is 32.8 Å². The van der Waals surface area contributed by atoms with E-state index in [0.717, 1.165) is 44.3 Å². The molecule has 360 valence electrons. The SMILES string of the molecule is C[n+]1[c-]n2c3c(cccc31)C1(c3ccc(Oc4[c-]c5c(cc4)c4ccc(C(C)(C)C)cc4n5-c4ccccn4)[c-]c3-2)c2c(cc(C(C)(C)C)cc2C(C)(C)C)-c2cc(C(C)(C)C)cc(C(C)(C)C)c21.[Pt]. The maximum Gasteiger partial charge on any atom is 0.242 e. The summed E-state index contributed by atoms with van der Waals surface area (Å²) in [6.45, 7) is 35.3. The van der Waals surface area contributed by atoms with E-state index in [4.69, 9.17) is 9.72 Å². The van der Waals surface area contributed by atoms with Gasteiger partial charge in [0.2, 0.25) is 6.33 Å². The average Bonchev–Trinajstić information content (AvgIpc) is 3.89. The fraction of sp³-hybridized carbons (Fsp3) is 0.344. The van der Waals surface area contributed by atoms with Crippen molar-refractivity contribution in [2.75, 3.05) is 0 Å². The number of para-hydroxylation sites is 1. The summed E-state index contributed by atoms with van der Waals surface area (Å²) in [5, 5.41) is 2.25. The molecule has 0 unspecified atom stereocenters. The van der Waals surface area contributed by atoms with E-state index in [0.29, 0.717) is 11.5 Å². The van der Waals surface area contributed by atoms with Crippen LogP contribution >= 0.6 is 0 Å². The van der Waals surface area contributed by atoms with Gasteiger partial charge in [-0.25, -0.2) is 4.98 Å². The second-order valence-corrected chi connectivity index (χ2v) is 25.1. The van der Waals surface area contributed by atoms with E-state index in [1.165, 1.54) is 61.2 Å². The molecule has 0 N–H and O–H groups in total. The second-order valence-electron chi connectivity index (χ2n) is 25.1. The molecule has 9 aromatic rings. The summed E-state index contributed by atoms with van der Waals surface area (Å²) >= 11 is 0. The topological polar surface area (TPSA) is 35.9 Å². The van der Waals surface area contributed by atoms with Crippen LogP contribution in [0.2, 0.25) is 0 Å². The number of rotatable bonds is 3. The molecule has 1 spiro atoms. The Balaban J connectivity index is 0.00000567.